The zero-order chi connectivity index (χ0) is 16.1. The molecule has 0 radical (unpaired) electrons. The van der Waals surface area contributed by atoms with E-state index in [0.717, 1.165) is 23.0 Å². The smallest absolute Gasteiger partial charge is 0.214 e. The van der Waals surface area contributed by atoms with Crippen LogP contribution in [-0.2, 0) is 4.79 Å². The van der Waals surface area contributed by atoms with Crippen molar-refractivity contribution in [3.8, 4) is 11.8 Å². The highest BCUT2D eigenvalue weighted by Gasteiger charge is 2.15. The van der Waals surface area contributed by atoms with Crippen LogP contribution in [0, 0.1) is 18.3 Å². The molecular formula is C14H14N6OS. The highest BCUT2D eigenvalue weighted by molar-refractivity contribution is 7.99. The summed E-state index contributed by atoms with van der Waals surface area (Å²) in [5.74, 6) is -0.296. The van der Waals surface area contributed by atoms with Crippen molar-refractivity contribution < 1.29 is 4.79 Å². The molecule has 2 N–H and O–H groups in total. The van der Waals surface area contributed by atoms with E-state index in [-0.39, 0.29) is 22.8 Å². The molecule has 0 unspecified atom stereocenters. The highest BCUT2D eigenvalue weighted by Crippen LogP contribution is 2.19. The third-order valence-corrected chi connectivity index (χ3v) is 3.76. The first-order valence-electron chi connectivity index (χ1n) is 6.40. The summed E-state index contributed by atoms with van der Waals surface area (Å²) in [6.07, 6.45) is 0. The molecule has 2 aromatic rings. The molecule has 0 saturated heterocycles. The summed E-state index contributed by atoms with van der Waals surface area (Å²) < 4.78 is 1.54. The zero-order valence-corrected chi connectivity index (χ0v) is 13.0. The number of Topliss-reactive ketones (excluding diaryl/α,β-unsaturated/α-hetero) is 1. The van der Waals surface area contributed by atoms with Gasteiger partial charge in [0.25, 0.3) is 0 Å². The van der Waals surface area contributed by atoms with E-state index in [0.29, 0.717) is 5.16 Å². The predicted molar refractivity (Wildman–Crippen MR) is 82.1 cm³/mol. The van der Waals surface area contributed by atoms with Crippen LogP contribution in [0.1, 0.15) is 12.5 Å². The number of carbonyl (C=O) groups excluding carboxylic acids is 1. The molecule has 1 aromatic carbocycles. The van der Waals surface area contributed by atoms with Crippen LogP contribution in [0.15, 0.2) is 40.7 Å². The molecule has 7 nitrogen and oxygen atoms in total. The van der Waals surface area contributed by atoms with Gasteiger partial charge < -0.3 is 5.73 Å². The van der Waals surface area contributed by atoms with Crippen LogP contribution in [0.4, 0.5) is 0 Å². The van der Waals surface area contributed by atoms with Gasteiger partial charge in [0.2, 0.25) is 5.16 Å². The Morgan fingerprint density at radius 1 is 1.41 bits per heavy atom. The van der Waals surface area contributed by atoms with Crippen LogP contribution in [0.5, 0.6) is 0 Å². The summed E-state index contributed by atoms with van der Waals surface area (Å²) in [5.41, 5.74) is 7.63. The summed E-state index contributed by atoms with van der Waals surface area (Å²) in [6, 6.07) is 9.50. The number of hydrogen-bond acceptors (Lipinski definition) is 7. The Morgan fingerprint density at radius 3 is 2.68 bits per heavy atom. The number of thioether (sulfide) groups is 1. The van der Waals surface area contributed by atoms with Crippen molar-refractivity contribution in [2.45, 2.75) is 19.0 Å². The normalized spacial score (nSPS) is 11.7. The number of nitriles is 1. The van der Waals surface area contributed by atoms with E-state index in [1.165, 1.54) is 6.92 Å². The predicted octanol–water partition coefficient (Wildman–Crippen LogP) is 1.39. The van der Waals surface area contributed by atoms with E-state index in [1.54, 1.807) is 4.68 Å². The number of allylic oxidation sites excluding steroid dienone is 2. The molecule has 0 aliphatic heterocycles. The lowest BCUT2D eigenvalue weighted by molar-refractivity contribution is -0.112. The molecule has 2 rings (SSSR count). The maximum Gasteiger partial charge on any atom is 0.214 e. The van der Waals surface area contributed by atoms with Gasteiger partial charge in [-0.15, -0.1) is 5.10 Å². The zero-order valence-electron chi connectivity index (χ0n) is 12.1. The molecular weight excluding hydrogens is 300 g/mol. The molecule has 8 heteroatoms. The Hall–Kier alpha value is -2.66. The average molecular weight is 314 g/mol. The topological polar surface area (TPSA) is 110 Å². The van der Waals surface area contributed by atoms with Crippen LogP contribution >= 0.6 is 11.8 Å². The third-order valence-electron chi connectivity index (χ3n) is 2.84. The van der Waals surface area contributed by atoms with Gasteiger partial charge in [0.05, 0.1) is 11.4 Å². The first-order chi connectivity index (χ1) is 10.5. The van der Waals surface area contributed by atoms with Crippen LogP contribution in [-0.4, -0.2) is 31.7 Å². The van der Waals surface area contributed by atoms with Gasteiger partial charge in [-0.1, -0.05) is 29.5 Å². The largest absolute Gasteiger partial charge is 0.401 e. The number of tetrazole rings is 1. The number of nitrogens with zero attached hydrogens (tertiary/aromatic N) is 5. The Labute approximate surface area is 131 Å². The number of aryl methyl sites for hydroxylation is 1. The minimum Gasteiger partial charge on any atom is -0.401 e. The summed E-state index contributed by atoms with van der Waals surface area (Å²) >= 11 is 1.16. The van der Waals surface area contributed by atoms with E-state index >= 15 is 0 Å². The molecule has 0 aliphatic rings. The van der Waals surface area contributed by atoms with Crippen LogP contribution in [0.25, 0.3) is 5.69 Å². The minimum absolute atomic E-state index is 0.0261. The quantitative estimate of drug-likeness (QED) is 0.504. The van der Waals surface area contributed by atoms with Crippen molar-refractivity contribution in [3.63, 3.8) is 0 Å². The summed E-state index contributed by atoms with van der Waals surface area (Å²) in [5, 5.41) is 20.8. The van der Waals surface area contributed by atoms with Gasteiger partial charge in [-0.3, -0.25) is 4.79 Å². The molecule has 0 aliphatic carbocycles. The number of rotatable bonds is 5. The monoisotopic (exact) mass is 314 g/mol. The van der Waals surface area contributed by atoms with E-state index in [9.17, 15) is 4.79 Å². The van der Waals surface area contributed by atoms with E-state index < -0.39 is 0 Å². The fourth-order valence-corrected chi connectivity index (χ4v) is 2.45. The molecule has 0 spiro atoms. The molecule has 0 fully saturated rings. The first kappa shape index (κ1) is 15.7. The van der Waals surface area contributed by atoms with Gasteiger partial charge in [0.1, 0.15) is 11.6 Å². The summed E-state index contributed by atoms with van der Waals surface area (Å²) in [7, 11) is 0. The maximum atomic E-state index is 11.9. The third kappa shape index (κ3) is 3.51. The number of hydrogen-bond donors (Lipinski definition) is 1. The van der Waals surface area contributed by atoms with Gasteiger partial charge >= 0.3 is 0 Å². The van der Waals surface area contributed by atoms with E-state index in [4.69, 9.17) is 11.0 Å². The van der Waals surface area contributed by atoms with Gasteiger partial charge in [0, 0.05) is 5.70 Å². The van der Waals surface area contributed by atoms with Crippen LogP contribution in [0.2, 0.25) is 0 Å². The molecule has 0 atom stereocenters. The highest BCUT2D eigenvalue weighted by atomic mass is 32.2. The Balaban J connectivity index is 2.15. The standard InChI is InChI=1S/C14H14N6OS/c1-9-3-5-11(6-4-9)20-14(17-18-19-20)22-8-13(21)12(7-15)10(2)16/h3-6H,8,16H2,1-2H3. The lowest BCUT2D eigenvalue weighted by Crippen LogP contribution is -2.11. The molecule has 1 heterocycles. The SMILES string of the molecule is CC(N)=C(C#N)C(=O)CSc1nnnn1-c1ccc(C)cc1. The molecule has 0 bridgehead atoms. The lowest BCUT2D eigenvalue weighted by Gasteiger charge is -2.04. The Kier molecular flexibility index (Phi) is 4.91. The summed E-state index contributed by atoms with van der Waals surface area (Å²) in [6.45, 7) is 3.51. The fourth-order valence-electron chi connectivity index (χ4n) is 1.69. The van der Waals surface area contributed by atoms with Gasteiger partial charge in [0.15, 0.2) is 5.78 Å². The van der Waals surface area contributed by atoms with E-state index in [2.05, 4.69) is 15.5 Å². The van der Waals surface area contributed by atoms with Crippen molar-refractivity contribution in [1.82, 2.24) is 20.2 Å². The van der Waals surface area contributed by atoms with Gasteiger partial charge in [-0.2, -0.15) is 9.94 Å². The number of nitrogens with two attached hydrogens (primary N) is 1. The van der Waals surface area contributed by atoms with Crippen LogP contribution in [0.3, 0.4) is 0 Å². The Bertz CT molecular complexity index is 752. The fraction of sp³-hybridized carbons (Fsp3) is 0.214. The van der Waals surface area contributed by atoms with Crippen molar-refractivity contribution in [3.05, 3.63) is 41.1 Å². The number of ketones is 1. The molecule has 0 saturated carbocycles. The molecule has 22 heavy (non-hydrogen) atoms. The average Bonchev–Trinajstić information content (AvgIpc) is 2.94. The number of benzene rings is 1. The molecule has 0 amide bonds. The molecule has 112 valence electrons. The Morgan fingerprint density at radius 2 is 2.09 bits per heavy atom. The van der Waals surface area contributed by atoms with Crippen molar-refractivity contribution in [1.29, 1.82) is 5.26 Å². The minimum atomic E-state index is -0.342. The van der Waals surface area contributed by atoms with Gasteiger partial charge in [-0.25, -0.2) is 0 Å². The number of carbonyl (C=O) groups is 1. The second-order valence-corrected chi connectivity index (χ2v) is 5.53. The van der Waals surface area contributed by atoms with Crippen molar-refractivity contribution in [2.24, 2.45) is 5.73 Å². The molecule has 1 aromatic heterocycles. The van der Waals surface area contributed by atoms with Crippen molar-refractivity contribution in [2.75, 3.05) is 5.75 Å². The second kappa shape index (κ2) is 6.87. The van der Waals surface area contributed by atoms with E-state index in [1.807, 2.05) is 37.3 Å². The second-order valence-electron chi connectivity index (χ2n) is 4.59. The first-order valence-corrected chi connectivity index (χ1v) is 7.39. The summed E-state index contributed by atoms with van der Waals surface area (Å²) in [4.78, 5) is 11.9. The van der Waals surface area contributed by atoms with Crippen molar-refractivity contribution >= 4 is 17.5 Å². The number of aromatic nitrogens is 4. The lowest BCUT2D eigenvalue weighted by atomic mass is 10.2. The van der Waals surface area contributed by atoms with Gasteiger partial charge in [-0.05, 0) is 36.4 Å². The maximum absolute atomic E-state index is 11.9. The van der Waals surface area contributed by atoms with Crippen LogP contribution < -0.4 is 5.73 Å².